The van der Waals surface area contributed by atoms with Gasteiger partial charge in [0.05, 0.1) is 0 Å². The number of oxime groups is 1. The van der Waals surface area contributed by atoms with Crippen molar-refractivity contribution in [3.63, 3.8) is 0 Å². The maximum atomic E-state index is 13.4. The van der Waals surface area contributed by atoms with Gasteiger partial charge in [-0.3, -0.25) is 9.59 Å². The van der Waals surface area contributed by atoms with Crippen LogP contribution in [0.25, 0.3) is 10.9 Å². The number of fused-ring (bicyclic) bond motifs is 1. The summed E-state index contributed by atoms with van der Waals surface area (Å²) >= 11 is 6.05. The lowest BCUT2D eigenvalue weighted by Gasteiger charge is -2.33. The van der Waals surface area contributed by atoms with Gasteiger partial charge in [0.15, 0.2) is 0 Å². The molecule has 1 aliphatic rings. The molecule has 2 aromatic carbocycles. The maximum Gasteiger partial charge on any atom is 0.268 e. The average molecular weight is 453 g/mol. The molecule has 1 atom stereocenters. The molecule has 0 aliphatic carbocycles. The Labute approximate surface area is 191 Å². The number of piperidine rings is 1. The number of aromatic amines is 1. The minimum atomic E-state index is -0.692. The first-order valence-corrected chi connectivity index (χ1v) is 11.0. The Kier molecular flexibility index (Phi) is 6.75. The number of nitrogens with one attached hydrogen (secondary N) is 2. The van der Waals surface area contributed by atoms with Gasteiger partial charge in [0.25, 0.3) is 5.91 Å². The molecule has 3 N–H and O–H groups in total. The molecule has 166 valence electrons. The highest BCUT2D eigenvalue weighted by Gasteiger charge is 2.29. The SMILES string of the molecule is O=C(N[C@@H](Cc1ccccc1)C(=O)N1CCC(/C=N/O)CC1)c1cc2cc(Cl)ccc2[nH]1. The predicted octanol–water partition coefficient (Wildman–Crippen LogP) is 3.86. The van der Waals surface area contributed by atoms with E-state index in [-0.39, 0.29) is 17.7 Å². The van der Waals surface area contributed by atoms with Gasteiger partial charge >= 0.3 is 0 Å². The van der Waals surface area contributed by atoms with E-state index in [0.29, 0.717) is 30.2 Å². The van der Waals surface area contributed by atoms with Gasteiger partial charge < -0.3 is 20.4 Å². The molecule has 2 heterocycles. The van der Waals surface area contributed by atoms with Crippen molar-refractivity contribution < 1.29 is 14.8 Å². The Morgan fingerprint density at radius 3 is 2.66 bits per heavy atom. The minimum Gasteiger partial charge on any atom is -0.411 e. The highest BCUT2D eigenvalue weighted by atomic mass is 35.5. The van der Waals surface area contributed by atoms with Crippen LogP contribution in [-0.2, 0) is 11.2 Å². The summed E-state index contributed by atoms with van der Waals surface area (Å²) in [4.78, 5) is 31.3. The monoisotopic (exact) mass is 452 g/mol. The van der Waals surface area contributed by atoms with E-state index in [1.54, 1.807) is 23.1 Å². The van der Waals surface area contributed by atoms with Crippen LogP contribution in [0, 0.1) is 5.92 Å². The summed E-state index contributed by atoms with van der Waals surface area (Å²) in [6, 6.07) is 16.1. The molecule has 0 bridgehead atoms. The zero-order chi connectivity index (χ0) is 22.5. The molecule has 0 saturated carbocycles. The Bertz CT molecular complexity index is 1120. The highest BCUT2D eigenvalue weighted by Crippen LogP contribution is 2.21. The van der Waals surface area contributed by atoms with Crippen LogP contribution in [0.2, 0.25) is 5.02 Å². The molecule has 1 saturated heterocycles. The molecule has 7 nitrogen and oxygen atoms in total. The Morgan fingerprint density at radius 2 is 1.94 bits per heavy atom. The first kappa shape index (κ1) is 21.9. The summed E-state index contributed by atoms with van der Waals surface area (Å²) in [6.07, 6.45) is 3.37. The molecule has 3 aromatic rings. The first-order valence-electron chi connectivity index (χ1n) is 10.6. The molecule has 1 aromatic heterocycles. The Hall–Kier alpha value is -3.32. The molecule has 0 radical (unpaired) electrons. The number of amides is 2. The second-order valence-corrected chi connectivity index (χ2v) is 8.49. The van der Waals surface area contributed by atoms with Gasteiger partial charge in [0.2, 0.25) is 5.91 Å². The van der Waals surface area contributed by atoms with Crippen molar-refractivity contribution in [2.75, 3.05) is 13.1 Å². The summed E-state index contributed by atoms with van der Waals surface area (Å²) in [7, 11) is 0. The molecule has 0 spiro atoms. The van der Waals surface area contributed by atoms with Crippen LogP contribution in [0.1, 0.15) is 28.9 Å². The maximum absolute atomic E-state index is 13.4. The number of benzene rings is 2. The van der Waals surface area contributed by atoms with Crippen molar-refractivity contribution in [1.82, 2.24) is 15.2 Å². The third-order valence-electron chi connectivity index (χ3n) is 5.84. The van der Waals surface area contributed by atoms with Crippen molar-refractivity contribution in [2.45, 2.75) is 25.3 Å². The van der Waals surface area contributed by atoms with Gasteiger partial charge in [-0.25, -0.2) is 0 Å². The van der Waals surface area contributed by atoms with Crippen LogP contribution in [0.15, 0.2) is 59.8 Å². The molecule has 4 rings (SSSR count). The lowest BCUT2D eigenvalue weighted by Crippen LogP contribution is -2.51. The molecule has 8 heteroatoms. The largest absolute Gasteiger partial charge is 0.411 e. The summed E-state index contributed by atoms with van der Waals surface area (Å²) in [5, 5.41) is 16.2. The number of carbonyl (C=O) groups is 2. The van der Waals surface area contributed by atoms with Crippen molar-refractivity contribution >= 4 is 40.5 Å². The van der Waals surface area contributed by atoms with Crippen molar-refractivity contribution in [3.05, 3.63) is 70.9 Å². The minimum absolute atomic E-state index is 0.110. The highest BCUT2D eigenvalue weighted by molar-refractivity contribution is 6.31. The van der Waals surface area contributed by atoms with Gasteiger partial charge in [-0.05, 0) is 42.7 Å². The molecule has 1 aliphatic heterocycles. The van der Waals surface area contributed by atoms with E-state index >= 15 is 0 Å². The number of hydrogen-bond acceptors (Lipinski definition) is 4. The van der Waals surface area contributed by atoms with E-state index in [4.69, 9.17) is 16.8 Å². The van der Waals surface area contributed by atoms with Crippen LogP contribution < -0.4 is 5.32 Å². The second-order valence-electron chi connectivity index (χ2n) is 8.06. The van der Waals surface area contributed by atoms with E-state index in [1.165, 1.54) is 6.21 Å². The number of halogens is 1. The van der Waals surface area contributed by atoms with Gasteiger partial charge in [0.1, 0.15) is 11.7 Å². The number of nitrogens with zero attached hydrogens (tertiary/aromatic N) is 2. The molecule has 0 unspecified atom stereocenters. The number of H-pyrrole nitrogens is 1. The zero-order valence-electron chi connectivity index (χ0n) is 17.5. The lowest BCUT2D eigenvalue weighted by molar-refractivity contribution is -0.134. The lowest BCUT2D eigenvalue weighted by atomic mass is 9.96. The van der Waals surface area contributed by atoms with E-state index in [0.717, 1.165) is 29.3 Å². The van der Waals surface area contributed by atoms with Crippen LogP contribution in [0.5, 0.6) is 0 Å². The van der Waals surface area contributed by atoms with Crippen LogP contribution >= 0.6 is 11.6 Å². The quantitative estimate of drug-likeness (QED) is 0.301. The third kappa shape index (κ3) is 5.11. The summed E-state index contributed by atoms with van der Waals surface area (Å²) in [5.41, 5.74) is 2.15. The number of hydrogen-bond donors (Lipinski definition) is 3. The molecule has 2 amide bonds. The predicted molar refractivity (Wildman–Crippen MR) is 124 cm³/mol. The molecule has 1 fully saturated rings. The van der Waals surface area contributed by atoms with E-state index < -0.39 is 6.04 Å². The fraction of sp³-hybridized carbons (Fsp3) is 0.292. The van der Waals surface area contributed by atoms with E-state index in [2.05, 4.69) is 15.5 Å². The van der Waals surface area contributed by atoms with E-state index in [1.807, 2.05) is 36.4 Å². The fourth-order valence-corrected chi connectivity index (χ4v) is 4.28. The van der Waals surface area contributed by atoms with Crippen molar-refractivity contribution in [1.29, 1.82) is 0 Å². The number of rotatable bonds is 6. The first-order chi connectivity index (χ1) is 15.5. The average Bonchev–Trinajstić information content (AvgIpc) is 3.23. The van der Waals surface area contributed by atoms with Gasteiger partial charge in [-0.15, -0.1) is 5.16 Å². The zero-order valence-corrected chi connectivity index (χ0v) is 18.3. The van der Waals surface area contributed by atoms with E-state index in [9.17, 15) is 9.59 Å². The fourth-order valence-electron chi connectivity index (χ4n) is 4.10. The third-order valence-corrected chi connectivity index (χ3v) is 6.08. The second kappa shape index (κ2) is 9.87. The standard InChI is InChI=1S/C24H25ClN4O3/c25-19-6-7-20-18(13-19)14-21(27-20)23(30)28-22(12-16-4-2-1-3-5-16)24(31)29-10-8-17(9-11-29)15-26-32/h1-7,13-15,17,22,27,32H,8-12H2,(H,28,30)/b26-15+/t22-/m0/s1. The van der Waals surface area contributed by atoms with Gasteiger partial charge in [-0.1, -0.05) is 41.9 Å². The van der Waals surface area contributed by atoms with Gasteiger partial charge in [0, 0.05) is 47.6 Å². The smallest absolute Gasteiger partial charge is 0.268 e. The summed E-state index contributed by atoms with van der Waals surface area (Å²) < 4.78 is 0. The van der Waals surface area contributed by atoms with Crippen LogP contribution in [0.4, 0.5) is 0 Å². The summed E-state index contributed by atoms with van der Waals surface area (Å²) in [5.74, 6) is -0.293. The van der Waals surface area contributed by atoms with Gasteiger partial charge in [-0.2, -0.15) is 0 Å². The molecule has 32 heavy (non-hydrogen) atoms. The molecular weight excluding hydrogens is 428 g/mol. The van der Waals surface area contributed by atoms with Crippen LogP contribution in [-0.4, -0.2) is 52.3 Å². The normalized spacial score (nSPS) is 15.8. The summed E-state index contributed by atoms with van der Waals surface area (Å²) in [6.45, 7) is 1.11. The molecular formula is C24H25ClN4O3. The Morgan fingerprint density at radius 1 is 1.19 bits per heavy atom. The van der Waals surface area contributed by atoms with Crippen molar-refractivity contribution in [2.24, 2.45) is 11.1 Å². The number of carbonyl (C=O) groups excluding carboxylic acids is 2. The van der Waals surface area contributed by atoms with Crippen molar-refractivity contribution in [3.8, 4) is 0 Å². The topological polar surface area (TPSA) is 97.8 Å². The number of likely N-dealkylation sites (tertiary alicyclic amines) is 1. The number of aromatic nitrogens is 1. The Balaban J connectivity index is 1.52. The van der Waals surface area contributed by atoms with Crippen LogP contribution in [0.3, 0.4) is 0 Å².